The van der Waals surface area contributed by atoms with Crippen LogP contribution in [0.2, 0.25) is 0 Å². The number of hydrogen-bond acceptors (Lipinski definition) is 3. The Morgan fingerprint density at radius 1 is 1.10 bits per heavy atom. The van der Waals surface area contributed by atoms with Gasteiger partial charge in [0.1, 0.15) is 11.6 Å². The molecule has 0 spiro atoms. The molecule has 0 saturated heterocycles. The first-order valence-electron chi connectivity index (χ1n) is 7.18. The summed E-state index contributed by atoms with van der Waals surface area (Å²) in [6.07, 6.45) is 9.33. The van der Waals surface area contributed by atoms with Crippen LogP contribution in [-0.4, -0.2) is 17.5 Å². The van der Waals surface area contributed by atoms with Crippen LogP contribution in [0.4, 0.5) is 0 Å². The molecule has 0 saturated carbocycles. The van der Waals surface area contributed by atoms with Gasteiger partial charge in [0.25, 0.3) is 0 Å². The first-order valence-corrected chi connectivity index (χ1v) is 7.18. The third-order valence-electron chi connectivity index (χ3n) is 3.25. The summed E-state index contributed by atoms with van der Waals surface area (Å²) in [6.45, 7) is 3.53. The summed E-state index contributed by atoms with van der Waals surface area (Å²) in [4.78, 5) is 34.4. The topological polar surface area (TPSA) is 77.2 Å². The van der Waals surface area contributed by atoms with Crippen molar-refractivity contribution in [3.8, 4) is 12.3 Å². The van der Waals surface area contributed by atoms with Gasteiger partial charge in [0.2, 0.25) is 5.91 Å². The second-order valence-electron chi connectivity index (χ2n) is 5.35. The van der Waals surface area contributed by atoms with Crippen molar-refractivity contribution in [3.63, 3.8) is 0 Å². The molecule has 0 fully saturated rings. The van der Waals surface area contributed by atoms with Crippen LogP contribution in [0.15, 0.2) is 0 Å². The number of nitrogens with two attached hydrogens (primary N) is 1. The number of ketones is 2. The minimum Gasteiger partial charge on any atom is -0.369 e. The molecule has 0 aromatic heterocycles. The number of Topliss-reactive ketones (excluding diaryl/α,β-unsaturated/α-hetero) is 2. The van der Waals surface area contributed by atoms with Gasteiger partial charge in [-0.2, -0.15) is 0 Å². The second kappa shape index (κ2) is 10.2. The van der Waals surface area contributed by atoms with Gasteiger partial charge in [0.05, 0.1) is 5.92 Å². The normalized spacial score (nSPS) is 11.9. The molecule has 4 nitrogen and oxygen atoms in total. The molecule has 1 unspecified atom stereocenters. The molecular formula is C16H25NO3. The summed E-state index contributed by atoms with van der Waals surface area (Å²) in [5.74, 6) is 1.10. The highest BCUT2D eigenvalue weighted by Gasteiger charge is 2.25. The van der Waals surface area contributed by atoms with E-state index >= 15 is 0 Å². The number of primary amides is 1. The van der Waals surface area contributed by atoms with Gasteiger partial charge in [-0.1, -0.05) is 26.7 Å². The second-order valence-corrected chi connectivity index (χ2v) is 5.35. The minimum absolute atomic E-state index is 0.0948. The molecule has 0 radical (unpaired) electrons. The van der Waals surface area contributed by atoms with Gasteiger partial charge in [-0.25, -0.2) is 0 Å². The molecule has 0 aliphatic rings. The van der Waals surface area contributed by atoms with Crippen molar-refractivity contribution in [1.82, 2.24) is 0 Å². The highest BCUT2D eigenvalue weighted by Crippen LogP contribution is 2.16. The number of carbonyl (C=O) groups excluding carboxylic acids is 3. The van der Waals surface area contributed by atoms with Gasteiger partial charge in [0.15, 0.2) is 0 Å². The van der Waals surface area contributed by atoms with Gasteiger partial charge < -0.3 is 5.73 Å². The van der Waals surface area contributed by atoms with Gasteiger partial charge >= 0.3 is 0 Å². The maximum Gasteiger partial charge on any atom is 0.228 e. The van der Waals surface area contributed by atoms with Crippen LogP contribution in [0.5, 0.6) is 0 Å². The van der Waals surface area contributed by atoms with E-state index in [4.69, 9.17) is 12.2 Å². The summed E-state index contributed by atoms with van der Waals surface area (Å²) in [5.41, 5.74) is 5.26. The van der Waals surface area contributed by atoms with Crippen molar-refractivity contribution in [3.05, 3.63) is 0 Å². The first kappa shape index (κ1) is 18.4. The van der Waals surface area contributed by atoms with Gasteiger partial charge in [-0.3, -0.25) is 14.4 Å². The summed E-state index contributed by atoms with van der Waals surface area (Å²) in [5, 5.41) is 0. The van der Waals surface area contributed by atoms with E-state index in [1.165, 1.54) is 0 Å². The molecule has 1 atom stereocenters. The average Bonchev–Trinajstić information content (AvgIpc) is 2.39. The predicted octanol–water partition coefficient (Wildman–Crippen LogP) is 2.25. The molecule has 20 heavy (non-hydrogen) atoms. The lowest BCUT2D eigenvalue weighted by molar-refractivity contribution is -0.134. The van der Waals surface area contributed by atoms with Crippen LogP contribution in [-0.2, 0) is 14.4 Å². The van der Waals surface area contributed by atoms with E-state index in [-0.39, 0.29) is 17.5 Å². The molecule has 0 aliphatic heterocycles. The fourth-order valence-electron chi connectivity index (χ4n) is 2.01. The Bertz CT molecular complexity index is 380. The summed E-state index contributed by atoms with van der Waals surface area (Å²) < 4.78 is 0. The Labute approximate surface area is 121 Å². The Hall–Kier alpha value is -1.63. The molecule has 112 valence electrons. The van der Waals surface area contributed by atoms with Crippen molar-refractivity contribution in [2.75, 3.05) is 0 Å². The number of rotatable bonds is 11. The van der Waals surface area contributed by atoms with Gasteiger partial charge in [0, 0.05) is 25.2 Å². The van der Waals surface area contributed by atoms with E-state index in [0.717, 1.165) is 19.3 Å². The Morgan fingerprint density at radius 3 is 2.25 bits per heavy atom. The van der Waals surface area contributed by atoms with Crippen molar-refractivity contribution in [2.45, 2.75) is 58.8 Å². The minimum atomic E-state index is -0.688. The molecule has 1 amide bonds. The molecule has 0 rings (SSSR count). The predicted molar refractivity (Wildman–Crippen MR) is 78.7 cm³/mol. The van der Waals surface area contributed by atoms with Gasteiger partial charge in [-0.05, 0) is 12.8 Å². The number of hydrogen-bond donors (Lipinski definition) is 1. The average molecular weight is 279 g/mol. The zero-order valence-corrected chi connectivity index (χ0v) is 12.5. The molecule has 0 bridgehead atoms. The Balaban J connectivity index is 3.92. The van der Waals surface area contributed by atoms with Crippen molar-refractivity contribution < 1.29 is 14.4 Å². The molecule has 2 N–H and O–H groups in total. The molecular weight excluding hydrogens is 254 g/mol. The molecule has 0 aromatic rings. The smallest absolute Gasteiger partial charge is 0.228 e. The van der Waals surface area contributed by atoms with E-state index in [1.807, 2.05) is 0 Å². The van der Waals surface area contributed by atoms with Crippen molar-refractivity contribution >= 4 is 17.5 Å². The largest absolute Gasteiger partial charge is 0.369 e. The SMILES string of the molecule is C#CCCC(=O)CCCCCC(C(N)=O)C(=O)C(C)C. The van der Waals surface area contributed by atoms with Crippen molar-refractivity contribution in [2.24, 2.45) is 17.6 Å². The first-order chi connectivity index (χ1) is 9.40. The maximum atomic E-state index is 11.8. The lowest BCUT2D eigenvalue weighted by Crippen LogP contribution is -2.32. The third-order valence-corrected chi connectivity index (χ3v) is 3.25. The van der Waals surface area contributed by atoms with E-state index in [1.54, 1.807) is 13.8 Å². The lowest BCUT2D eigenvalue weighted by atomic mass is 9.90. The van der Waals surface area contributed by atoms with Crippen molar-refractivity contribution in [1.29, 1.82) is 0 Å². The highest BCUT2D eigenvalue weighted by atomic mass is 16.2. The fraction of sp³-hybridized carbons (Fsp3) is 0.688. The number of amides is 1. The molecule has 0 aromatic carbocycles. The fourth-order valence-corrected chi connectivity index (χ4v) is 2.01. The summed E-state index contributed by atoms with van der Waals surface area (Å²) in [7, 11) is 0. The molecule has 4 heteroatoms. The monoisotopic (exact) mass is 279 g/mol. The van der Waals surface area contributed by atoms with Crippen LogP contribution >= 0.6 is 0 Å². The van der Waals surface area contributed by atoms with E-state index < -0.39 is 11.8 Å². The van der Waals surface area contributed by atoms with Crippen LogP contribution in [0.1, 0.15) is 58.8 Å². The summed E-state index contributed by atoms with van der Waals surface area (Å²) >= 11 is 0. The lowest BCUT2D eigenvalue weighted by Gasteiger charge is -2.14. The van der Waals surface area contributed by atoms with Crippen LogP contribution in [0, 0.1) is 24.2 Å². The standard InChI is InChI=1S/C16H25NO3/c1-4-5-9-13(18)10-7-6-8-11-14(16(17)20)15(19)12(2)3/h1,12,14H,5-11H2,2-3H3,(H2,17,20). The maximum absolute atomic E-state index is 11.8. The Kier molecular flexibility index (Phi) is 9.36. The number of unbranched alkanes of at least 4 members (excludes halogenated alkanes) is 2. The Morgan fingerprint density at radius 2 is 1.75 bits per heavy atom. The van der Waals surface area contributed by atoms with E-state index in [9.17, 15) is 14.4 Å². The zero-order chi connectivity index (χ0) is 15.5. The van der Waals surface area contributed by atoms with Crippen LogP contribution in [0.25, 0.3) is 0 Å². The highest BCUT2D eigenvalue weighted by molar-refractivity contribution is 6.01. The van der Waals surface area contributed by atoms with Crippen LogP contribution < -0.4 is 5.73 Å². The summed E-state index contributed by atoms with van der Waals surface area (Å²) in [6, 6.07) is 0. The quantitative estimate of drug-likeness (QED) is 0.358. The van der Waals surface area contributed by atoms with Gasteiger partial charge in [-0.15, -0.1) is 12.3 Å². The number of carbonyl (C=O) groups is 3. The van der Waals surface area contributed by atoms with E-state index in [0.29, 0.717) is 25.7 Å². The van der Waals surface area contributed by atoms with Crippen LogP contribution in [0.3, 0.4) is 0 Å². The third kappa shape index (κ3) is 7.73. The van der Waals surface area contributed by atoms with E-state index in [2.05, 4.69) is 5.92 Å². The molecule has 0 heterocycles. The molecule has 0 aliphatic carbocycles. The zero-order valence-electron chi connectivity index (χ0n) is 12.5. The number of terminal acetylenes is 1.